The standard InChI is InChI=1S/C17H21N3O5/c1-2-7-18(9-12-3-4-12)16(21)10-19-14-8-13(20(23)24)5-6-15(14)25-11-17(19)22/h5-6,8,12H,2-4,7,9-11H2,1H3. The Bertz CT molecular complexity index is 702. The normalized spacial score (nSPS) is 16.2. The van der Waals surface area contributed by atoms with Crippen molar-refractivity contribution in [2.24, 2.45) is 5.92 Å². The molecular weight excluding hydrogens is 326 g/mol. The average Bonchev–Trinajstić information content (AvgIpc) is 3.40. The summed E-state index contributed by atoms with van der Waals surface area (Å²) in [5.74, 6) is 0.428. The first-order valence-corrected chi connectivity index (χ1v) is 8.49. The van der Waals surface area contributed by atoms with Gasteiger partial charge in [0.05, 0.1) is 10.6 Å². The van der Waals surface area contributed by atoms with E-state index < -0.39 is 4.92 Å². The van der Waals surface area contributed by atoms with Crippen LogP contribution in [-0.2, 0) is 9.59 Å². The van der Waals surface area contributed by atoms with E-state index in [0.717, 1.165) is 19.3 Å². The molecule has 1 heterocycles. The lowest BCUT2D eigenvalue weighted by Crippen LogP contribution is -2.47. The van der Waals surface area contributed by atoms with Gasteiger partial charge >= 0.3 is 0 Å². The van der Waals surface area contributed by atoms with Crippen LogP contribution in [0.25, 0.3) is 0 Å². The quantitative estimate of drug-likeness (QED) is 0.555. The van der Waals surface area contributed by atoms with Gasteiger partial charge in [0.15, 0.2) is 6.61 Å². The first-order valence-electron chi connectivity index (χ1n) is 8.49. The first kappa shape index (κ1) is 17.2. The Morgan fingerprint density at radius 3 is 2.84 bits per heavy atom. The van der Waals surface area contributed by atoms with E-state index in [0.29, 0.717) is 24.8 Å². The van der Waals surface area contributed by atoms with Crippen molar-refractivity contribution < 1.29 is 19.2 Å². The van der Waals surface area contributed by atoms with Crippen LogP contribution >= 0.6 is 0 Å². The molecule has 0 bridgehead atoms. The van der Waals surface area contributed by atoms with Gasteiger partial charge < -0.3 is 9.64 Å². The number of nitrogens with zero attached hydrogens (tertiary/aromatic N) is 3. The molecule has 0 radical (unpaired) electrons. The molecule has 0 unspecified atom stereocenters. The van der Waals surface area contributed by atoms with Crippen LogP contribution in [0.5, 0.6) is 5.75 Å². The molecule has 0 atom stereocenters. The highest BCUT2D eigenvalue weighted by atomic mass is 16.6. The van der Waals surface area contributed by atoms with E-state index in [4.69, 9.17) is 4.74 Å². The molecule has 1 aromatic rings. The molecule has 8 heteroatoms. The maximum absolute atomic E-state index is 12.7. The average molecular weight is 347 g/mol. The SMILES string of the molecule is CCCN(CC1CC1)C(=O)CN1C(=O)COc2ccc([N+](=O)[O-])cc21. The number of hydrogen-bond donors (Lipinski definition) is 0. The fourth-order valence-corrected chi connectivity index (χ4v) is 2.91. The van der Waals surface area contributed by atoms with E-state index in [1.807, 2.05) is 6.92 Å². The molecule has 1 saturated carbocycles. The number of anilines is 1. The first-order chi connectivity index (χ1) is 12.0. The van der Waals surface area contributed by atoms with E-state index >= 15 is 0 Å². The summed E-state index contributed by atoms with van der Waals surface area (Å²) in [6.07, 6.45) is 3.12. The Labute approximate surface area is 145 Å². The van der Waals surface area contributed by atoms with Crippen molar-refractivity contribution in [3.8, 4) is 5.75 Å². The Kier molecular flexibility index (Phi) is 4.87. The number of non-ortho nitro benzene ring substituents is 1. The molecule has 0 N–H and O–H groups in total. The Hall–Kier alpha value is -2.64. The van der Waals surface area contributed by atoms with Crippen LogP contribution in [0.3, 0.4) is 0 Å². The van der Waals surface area contributed by atoms with Crippen molar-refractivity contribution in [2.75, 3.05) is 31.1 Å². The number of hydrogen-bond acceptors (Lipinski definition) is 5. The molecule has 1 aromatic carbocycles. The second kappa shape index (κ2) is 7.08. The van der Waals surface area contributed by atoms with Gasteiger partial charge in [0, 0.05) is 25.2 Å². The molecule has 134 valence electrons. The largest absolute Gasteiger partial charge is 0.482 e. The smallest absolute Gasteiger partial charge is 0.271 e. The lowest BCUT2D eigenvalue weighted by atomic mass is 10.2. The summed E-state index contributed by atoms with van der Waals surface area (Å²) in [6, 6.07) is 4.07. The van der Waals surface area contributed by atoms with E-state index in [1.165, 1.54) is 23.1 Å². The fourth-order valence-electron chi connectivity index (χ4n) is 2.91. The van der Waals surface area contributed by atoms with Gasteiger partial charge in [-0.2, -0.15) is 0 Å². The maximum Gasteiger partial charge on any atom is 0.271 e. The highest BCUT2D eigenvalue weighted by Crippen LogP contribution is 2.35. The molecule has 2 amide bonds. The van der Waals surface area contributed by atoms with E-state index in [1.54, 1.807) is 4.90 Å². The predicted octanol–water partition coefficient (Wildman–Crippen LogP) is 1.97. The third kappa shape index (κ3) is 3.89. The summed E-state index contributed by atoms with van der Waals surface area (Å²) >= 11 is 0. The van der Waals surface area contributed by atoms with Gasteiger partial charge in [-0.15, -0.1) is 0 Å². The van der Waals surface area contributed by atoms with Crippen LogP contribution in [0.15, 0.2) is 18.2 Å². The maximum atomic E-state index is 12.7. The Balaban J connectivity index is 1.81. The molecule has 1 fully saturated rings. The third-order valence-electron chi connectivity index (χ3n) is 4.41. The molecular formula is C17H21N3O5. The number of fused-ring (bicyclic) bond motifs is 1. The Morgan fingerprint density at radius 2 is 2.20 bits per heavy atom. The minimum atomic E-state index is -0.532. The third-order valence-corrected chi connectivity index (χ3v) is 4.41. The molecule has 0 aromatic heterocycles. The zero-order chi connectivity index (χ0) is 18.0. The number of benzene rings is 1. The second-order valence-corrected chi connectivity index (χ2v) is 6.46. The molecule has 8 nitrogen and oxygen atoms in total. The zero-order valence-electron chi connectivity index (χ0n) is 14.1. The lowest BCUT2D eigenvalue weighted by molar-refractivity contribution is -0.384. The van der Waals surface area contributed by atoms with E-state index in [2.05, 4.69) is 0 Å². The summed E-state index contributed by atoms with van der Waals surface area (Å²) < 4.78 is 5.33. The van der Waals surface area contributed by atoms with Crippen molar-refractivity contribution in [2.45, 2.75) is 26.2 Å². The minimum absolute atomic E-state index is 0.122. The number of nitro groups is 1. The summed E-state index contributed by atoms with van der Waals surface area (Å²) in [6.45, 7) is 3.08. The van der Waals surface area contributed by atoms with E-state index in [9.17, 15) is 19.7 Å². The molecule has 25 heavy (non-hydrogen) atoms. The van der Waals surface area contributed by atoms with Gasteiger partial charge in [0.25, 0.3) is 11.6 Å². The van der Waals surface area contributed by atoms with Crippen LogP contribution in [-0.4, -0.2) is 47.9 Å². The molecule has 0 saturated heterocycles. The van der Waals surface area contributed by atoms with Gasteiger partial charge in [0.1, 0.15) is 12.3 Å². The van der Waals surface area contributed by atoms with Gasteiger partial charge in [0.2, 0.25) is 5.91 Å². The molecule has 3 rings (SSSR count). The summed E-state index contributed by atoms with van der Waals surface area (Å²) in [7, 11) is 0. The number of amides is 2. The highest BCUT2D eigenvalue weighted by Gasteiger charge is 2.32. The second-order valence-electron chi connectivity index (χ2n) is 6.46. The molecule has 2 aliphatic rings. The zero-order valence-corrected chi connectivity index (χ0v) is 14.1. The highest BCUT2D eigenvalue weighted by molar-refractivity contribution is 6.02. The van der Waals surface area contributed by atoms with Crippen molar-refractivity contribution in [3.63, 3.8) is 0 Å². The van der Waals surface area contributed by atoms with Gasteiger partial charge in [-0.25, -0.2) is 0 Å². The predicted molar refractivity (Wildman–Crippen MR) is 90.5 cm³/mol. The minimum Gasteiger partial charge on any atom is -0.482 e. The Morgan fingerprint density at radius 1 is 1.44 bits per heavy atom. The van der Waals surface area contributed by atoms with Crippen LogP contribution in [0.4, 0.5) is 11.4 Å². The molecule has 0 spiro atoms. The summed E-state index contributed by atoms with van der Waals surface area (Å²) in [4.78, 5) is 38.5. The van der Waals surface area contributed by atoms with Gasteiger partial charge in [-0.1, -0.05) is 6.92 Å². The van der Waals surface area contributed by atoms with Crippen molar-refractivity contribution >= 4 is 23.2 Å². The fraction of sp³-hybridized carbons (Fsp3) is 0.529. The molecule has 1 aliphatic heterocycles. The van der Waals surface area contributed by atoms with Gasteiger partial charge in [-0.3, -0.25) is 24.6 Å². The van der Waals surface area contributed by atoms with Crippen molar-refractivity contribution in [1.82, 2.24) is 4.90 Å². The van der Waals surface area contributed by atoms with E-state index in [-0.39, 0.29) is 36.3 Å². The van der Waals surface area contributed by atoms with Crippen molar-refractivity contribution in [1.29, 1.82) is 0 Å². The van der Waals surface area contributed by atoms with Crippen LogP contribution < -0.4 is 9.64 Å². The van der Waals surface area contributed by atoms with Crippen LogP contribution in [0.2, 0.25) is 0 Å². The summed E-state index contributed by atoms with van der Waals surface area (Å²) in [5.41, 5.74) is 0.138. The molecule has 1 aliphatic carbocycles. The number of ether oxygens (including phenoxy) is 1. The van der Waals surface area contributed by atoms with Crippen molar-refractivity contribution in [3.05, 3.63) is 28.3 Å². The number of nitro benzene ring substituents is 1. The topological polar surface area (TPSA) is 93.0 Å². The van der Waals surface area contributed by atoms with Gasteiger partial charge in [-0.05, 0) is 31.2 Å². The van der Waals surface area contributed by atoms with Crippen LogP contribution in [0.1, 0.15) is 26.2 Å². The monoisotopic (exact) mass is 347 g/mol. The lowest BCUT2D eigenvalue weighted by Gasteiger charge is -2.31. The number of carbonyl (C=O) groups is 2. The summed E-state index contributed by atoms with van der Waals surface area (Å²) in [5, 5.41) is 11.0. The number of rotatable bonds is 7. The number of carbonyl (C=O) groups excluding carboxylic acids is 2. The van der Waals surface area contributed by atoms with Crippen LogP contribution in [0, 0.1) is 16.0 Å².